The molecular formula is C13H18BrFN2O. The van der Waals surface area contributed by atoms with Crippen LogP contribution in [0.3, 0.4) is 0 Å². The molecule has 0 aliphatic heterocycles. The lowest BCUT2D eigenvalue weighted by Gasteiger charge is -2.11. The van der Waals surface area contributed by atoms with E-state index in [0.717, 1.165) is 17.3 Å². The molecule has 0 aromatic heterocycles. The molecule has 18 heavy (non-hydrogen) atoms. The van der Waals surface area contributed by atoms with Gasteiger partial charge in [0.25, 0.3) is 0 Å². The molecule has 0 radical (unpaired) electrons. The van der Waals surface area contributed by atoms with Gasteiger partial charge < -0.3 is 11.1 Å². The van der Waals surface area contributed by atoms with Crippen LogP contribution in [-0.2, 0) is 11.3 Å². The lowest BCUT2D eigenvalue weighted by atomic mass is 10.1. The Bertz CT molecular complexity index is 412. The van der Waals surface area contributed by atoms with Crippen LogP contribution in [-0.4, -0.2) is 11.9 Å². The first-order valence-electron chi connectivity index (χ1n) is 5.99. The van der Waals surface area contributed by atoms with Gasteiger partial charge in [-0.05, 0) is 30.2 Å². The maximum atomic E-state index is 13.0. The Balaban J connectivity index is 2.45. The van der Waals surface area contributed by atoms with Crippen molar-refractivity contribution in [2.45, 2.75) is 38.8 Å². The van der Waals surface area contributed by atoms with E-state index in [2.05, 4.69) is 21.2 Å². The standard InChI is InChI=1S/C13H18BrFN2O/c1-2-3-11(16)7-13(18)17-8-9-6-10(15)4-5-12(9)14/h4-6,11H,2-3,7-8,16H2,1H3,(H,17,18). The fourth-order valence-corrected chi connectivity index (χ4v) is 2.04. The van der Waals surface area contributed by atoms with Crippen LogP contribution in [0.2, 0.25) is 0 Å². The van der Waals surface area contributed by atoms with E-state index in [4.69, 9.17) is 5.73 Å². The van der Waals surface area contributed by atoms with Gasteiger partial charge in [-0.15, -0.1) is 0 Å². The molecule has 3 nitrogen and oxygen atoms in total. The van der Waals surface area contributed by atoms with Gasteiger partial charge in [0.15, 0.2) is 0 Å². The van der Waals surface area contributed by atoms with Crippen LogP contribution >= 0.6 is 15.9 Å². The van der Waals surface area contributed by atoms with Crippen LogP contribution < -0.4 is 11.1 Å². The second-order valence-electron chi connectivity index (χ2n) is 4.27. The maximum Gasteiger partial charge on any atom is 0.221 e. The van der Waals surface area contributed by atoms with E-state index in [0.29, 0.717) is 18.5 Å². The van der Waals surface area contributed by atoms with Crippen molar-refractivity contribution in [3.63, 3.8) is 0 Å². The van der Waals surface area contributed by atoms with Crippen LogP contribution in [0.4, 0.5) is 4.39 Å². The Hall–Kier alpha value is -0.940. The number of nitrogens with one attached hydrogen (secondary N) is 1. The van der Waals surface area contributed by atoms with Gasteiger partial charge in [0.1, 0.15) is 5.82 Å². The largest absolute Gasteiger partial charge is 0.352 e. The van der Waals surface area contributed by atoms with Gasteiger partial charge in [0.05, 0.1) is 0 Å². The van der Waals surface area contributed by atoms with Crippen molar-refractivity contribution < 1.29 is 9.18 Å². The fraction of sp³-hybridized carbons (Fsp3) is 0.462. The van der Waals surface area contributed by atoms with Crippen LogP contribution in [0.1, 0.15) is 31.7 Å². The van der Waals surface area contributed by atoms with Crippen LogP contribution in [0.5, 0.6) is 0 Å². The SMILES string of the molecule is CCCC(N)CC(=O)NCc1cc(F)ccc1Br. The van der Waals surface area contributed by atoms with Gasteiger partial charge in [0, 0.05) is 23.5 Å². The fourth-order valence-electron chi connectivity index (χ4n) is 1.66. The molecular weight excluding hydrogens is 299 g/mol. The maximum absolute atomic E-state index is 13.0. The summed E-state index contributed by atoms with van der Waals surface area (Å²) in [6.45, 7) is 2.33. The second-order valence-corrected chi connectivity index (χ2v) is 5.12. The smallest absolute Gasteiger partial charge is 0.221 e. The highest BCUT2D eigenvalue weighted by molar-refractivity contribution is 9.10. The minimum atomic E-state index is -0.315. The lowest BCUT2D eigenvalue weighted by Crippen LogP contribution is -2.31. The zero-order chi connectivity index (χ0) is 13.5. The van der Waals surface area contributed by atoms with E-state index in [9.17, 15) is 9.18 Å². The molecule has 1 amide bonds. The zero-order valence-electron chi connectivity index (χ0n) is 10.4. The zero-order valence-corrected chi connectivity index (χ0v) is 12.0. The average molecular weight is 317 g/mol. The van der Waals surface area contributed by atoms with Gasteiger partial charge in [-0.2, -0.15) is 0 Å². The first kappa shape index (κ1) is 15.1. The van der Waals surface area contributed by atoms with E-state index < -0.39 is 0 Å². The molecule has 0 fully saturated rings. The number of hydrogen-bond acceptors (Lipinski definition) is 2. The molecule has 0 saturated heterocycles. The van der Waals surface area contributed by atoms with Crippen molar-refractivity contribution in [2.24, 2.45) is 5.73 Å². The molecule has 5 heteroatoms. The van der Waals surface area contributed by atoms with Crippen molar-refractivity contribution in [1.29, 1.82) is 0 Å². The molecule has 0 aliphatic rings. The molecule has 3 N–H and O–H groups in total. The van der Waals surface area contributed by atoms with E-state index in [1.807, 2.05) is 6.92 Å². The minimum Gasteiger partial charge on any atom is -0.352 e. The molecule has 1 unspecified atom stereocenters. The summed E-state index contributed by atoms with van der Waals surface area (Å²) in [4.78, 5) is 11.6. The number of carbonyl (C=O) groups excluding carboxylic acids is 1. The van der Waals surface area contributed by atoms with Crippen molar-refractivity contribution in [1.82, 2.24) is 5.32 Å². The summed E-state index contributed by atoms with van der Waals surface area (Å²) in [5.74, 6) is -0.419. The third kappa shape index (κ3) is 5.14. The summed E-state index contributed by atoms with van der Waals surface area (Å²) in [5.41, 5.74) is 6.49. The number of amides is 1. The van der Waals surface area contributed by atoms with Crippen LogP contribution in [0.25, 0.3) is 0 Å². The number of hydrogen-bond donors (Lipinski definition) is 2. The molecule has 100 valence electrons. The van der Waals surface area contributed by atoms with Crippen molar-refractivity contribution in [3.8, 4) is 0 Å². The number of halogens is 2. The Morgan fingerprint density at radius 2 is 2.28 bits per heavy atom. The molecule has 0 aliphatic carbocycles. The summed E-state index contributed by atoms with van der Waals surface area (Å²) in [6, 6.07) is 4.29. The number of nitrogens with two attached hydrogens (primary N) is 1. The monoisotopic (exact) mass is 316 g/mol. The molecule has 0 heterocycles. The van der Waals surface area contributed by atoms with E-state index in [1.165, 1.54) is 12.1 Å². The van der Waals surface area contributed by atoms with Crippen LogP contribution in [0.15, 0.2) is 22.7 Å². The lowest BCUT2D eigenvalue weighted by molar-refractivity contribution is -0.121. The predicted molar refractivity (Wildman–Crippen MR) is 73.4 cm³/mol. The Morgan fingerprint density at radius 3 is 2.94 bits per heavy atom. The van der Waals surface area contributed by atoms with Gasteiger partial charge >= 0.3 is 0 Å². The van der Waals surface area contributed by atoms with E-state index in [1.54, 1.807) is 6.07 Å². The number of benzene rings is 1. The van der Waals surface area contributed by atoms with Gasteiger partial charge in [0.2, 0.25) is 5.91 Å². The Morgan fingerprint density at radius 1 is 1.56 bits per heavy atom. The molecule has 0 bridgehead atoms. The highest BCUT2D eigenvalue weighted by Crippen LogP contribution is 2.17. The van der Waals surface area contributed by atoms with Gasteiger partial charge in [-0.3, -0.25) is 4.79 Å². The van der Waals surface area contributed by atoms with E-state index in [-0.39, 0.29) is 17.8 Å². The summed E-state index contributed by atoms with van der Waals surface area (Å²) >= 11 is 3.31. The molecule has 1 aromatic rings. The Kier molecular flexibility index (Phi) is 6.29. The average Bonchev–Trinajstić information content (AvgIpc) is 2.30. The summed E-state index contributed by atoms with van der Waals surface area (Å²) < 4.78 is 13.8. The molecule has 1 atom stereocenters. The minimum absolute atomic E-state index is 0.105. The first-order chi connectivity index (χ1) is 8.52. The molecule has 0 spiro atoms. The normalized spacial score (nSPS) is 12.2. The van der Waals surface area contributed by atoms with Crippen molar-refractivity contribution >= 4 is 21.8 Å². The van der Waals surface area contributed by atoms with Crippen LogP contribution in [0, 0.1) is 5.82 Å². The van der Waals surface area contributed by atoms with Crippen molar-refractivity contribution in [2.75, 3.05) is 0 Å². The van der Waals surface area contributed by atoms with Gasteiger partial charge in [-0.25, -0.2) is 4.39 Å². The second kappa shape index (κ2) is 7.48. The summed E-state index contributed by atoms with van der Waals surface area (Å²) in [5, 5.41) is 2.74. The van der Waals surface area contributed by atoms with E-state index >= 15 is 0 Å². The number of rotatable bonds is 6. The van der Waals surface area contributed by atoms with Crippen molar-refractivity contribution in [3.05, 3.63) is 34.1 Å². The Labute approximate surface area is 115 Å². The topological polar surface area (TPSA) is 55.1 Å². The summed E-state index contributed by atoms with van der Waals surface area (Å²) in [7, 11) is 0. The molecule has 1 aromatic carbocycles. The molecule has 0 saturated carbocycles. The molecule has 1 rings (SSSR count). The predicted octanol–water partition coefficient (Wildman–Crippen LogP) is 2.72. The quantitative estimate of drug-likeness (QED) is 0.847. The third-order valence-corrected chi connectivity index (χ3v) is 3.36. The summed E-state index contributed by atoms with van der Waals surface area (Å²) in [6.07, 6.45) is 2.10. The van der Waals surface area contributed by atoms with Gasteiger partial charge in [-0.1, -0.05) is 29.3 Å². The third-order valence-electron chi connectivity index (χ3n) is 2.59. The first-order valence-corrected chi connectivity index (χ1v) is 6.78. The highest BCUT2D eigenvalue weighted by atomic mass is 79.9. The highest BCUT2D eigenvalue weighted by Gasteiger charge is 2.09. The number of carbonyl (C=O) groups is 1.